The van der Waals surface area contributed by atoms with Crippen LogP contribution in [0.4, 0.5) is 0 Å². The van der Waals surface area contributed by atoms with E-state index in [4.69, 9.17) is 13.0 Å². The first-order valence-electron chi connectivity index (χ1n) is 10.5. The van der Waals surface area contributed by atoms with Crippen LogP contribution in [0.3, 0.4) is 0 Å². The van der Waals surface area contributed by atoms with Crippen molar-refractivity contribution in [2.75, 3.05) is 0 Å². The lowest BCUT2D eigenvalue weighted by atomic mass is 9.80. The Kier molecular flexibility index (Phi) is 10.6. The summed E-state index contributed by atoms with van der Waals surface area (Å²) in [4.78, 5) is 25.4. The van der Waals surface area contributed by atoms with Crippen LogP contribution in [0.1, 0.15) is 48.3 Å². The van der Waals surface area contributed by atoms with Crippen molar-refractivity contribution in [1.29, 1.82) is 0 Å². The van der Waals surface area contributed by atoms with Gasteiger partial charge in [-0.05, 0) is 84.9 Å². The van der Waals surface area contributed by atoms with Crippen molar-refractivity contribution in [1.82, 2.24) is 0 Å². The number of ketones is 1. The van der Waals surface area contributed by atoms with E-state index < -0.39 is 12.1 Å². The molecule has 0 amide bonds. The minimum Gasteiger partial charge on any atom is -0.481 e. The van der Waals surface area contributed by atoms with Gasteiger partial charge in [0.15, 0.2) is 5.78 Å². The third-order valence-corrected chi connectivity index (χ3v) is 7.94. The molecule has 1 heterocycles. The van der Waals surface area contributed by atoms with Crippen LogP contribution >= 0.6 is 27.3 Å². The molecule has 30 heavy (non-hydrogen) atoms. The number of thiophene rings is 1. The Labute approximate surface area is 193 Å². The molecule has 1 unspecified atom stereocenters. The fraction of sp³-hybridized carbons (Fsp3) is 0.565. The summed E-state index contributed by atoms with van der Waals surface area (Å²) < 4.78 is 1.09. The summed E-state index contributed by atoms with van der Waals surface area (Å²) in [6.07, 6.45) is 11.7. The summed E-state index contributed by atoms with van der Waals surface area (Å²) in [7, 11) is 5.92. The number of rotatable bonds is 12. The van der Waals surface area contributed by atoms with Crippen molar-refractivity contribution in [2.45, 2.75) is 64.3 Å². The Bertz CT molecular complexity index is 754. The Morgan fingerprint density at radius 3 is 2.73 bits per heavy atom. The van der Waals surface area contributed by atoms with Gasteiger partial charge in [-0.2, -0.15) is 0 Å². The van der Waals surface area contributed by atoms with E-state index >= 15 is 0 Å². The fourth-order valence-electron chi connectivity index (χ4n) is 4.05. The lowest BCUT2D eigenvalue weighted by Gasteiger charge is -2.21. The molecule has 1 aliphatic rings. The number of aliphatic carboxylic acids is 1. The van der Waals surface area contributed by atoms with Gasteiger partial charge >= 0.3 is 5.97 Å². The largest absolute Gasteiger partial charge is 0.481 e. The van der Waals surface area contributed by atoms with Gasteiger partial charge in [-0.3, -0.25) is 9.59 Å². The number of unbranched alkanes of at least 4 members (excludes halogenated alkanes) is 1. The highest BCUT2D eigenvalue weighted by atomic mass is 79.9. The number of allylic oxidation sites excluding steroid dienone is 4. The summed E-state index contributed by atoms with van der Waals surface area (Å²) in [5.41, 5.74) is 0. The van der Waals surface area contributed by atoms with E-state index in [0.717, 1.165) is 10.9 Å². The van der Waals surface area contributed by atoms with Crippen molar-refractivity contribution in [3.05, 3.63) is 44.6 Å². The maximum atomic E-state index is 12.4. The highest BCUT2D eigenvalue weighted by molar-refractivity contribution is 9.10. The number of carboxylic acids is 1. The third kappa shape index (κ3) is 7.82. The molecule has 0 bridgehead atoms. The third-order valence-electron chi connectivity index (χ3n) is 5.75. The van der Waals surface area contributed by atoms with Crippen LogP contribution in [0.5, 0.6) is 0 Å². The van der Waals surface area contributed by atoms with Crippen LogP contribution in [0, 0.1) is 24.7 Å². The minimum atomic E-state index is -0.780. The zero-order valence-electron chi connectivity index (χ0n) is 17.4. The van der Waals surface area contributed by atoms with E-state index in [-0.39, 0.29) is 30.0 Å². The molecule has 1 aliphatic carbocycles. The molecule has 1 aromatic heterocycles. The van der Waals surface area contributed by atoms with Crippen molar-refractivity contribution in [2.24, 2.45) is 17.8 Å². The average Bonchev–Trinajstić information content (AvgIpc) is 3.19. The van der Waals surface area contributed by atoms with E-state index in [9.17, 15) is 14.7 Å². The van der Waals surface area contributed by atoms with Crippen LogP contribution in [0.25, 0.3) is 0 Å². The van der Waals surface area contributed by atoms with Crippen LogP contribution < -0.4 is 0 Å². The number of hydrogen-bond acceptors (Lipinski definition) is 4. The Hall–Kier alpha value is -1.18. The molecule has 2 rings (SSSR count). The number of aliphatic hydroxyl groups is 1. The van der Waals surface area contributed by atoms with Gasteiger partial charge in [0.25, 0.3) is 0 Å². The molecule has 0 saturated heterocycles. The lowest BCUT2D eigenvalue weighted by molar-refractivity contribution is -0.137. The molecule has 2 N–H and O–H groups in total. The molecule has 1 fully saturated rings. The van der Waals surface area contributed by atoms with Crippen LogP contribution in [-0.4, -0.2) is 35.9 Å². The minimum absolute atomic E-state index is 0.0363. The summed E-state index contributed by atoms with van der Waals surface area (Å²) >= 11 is 5.22. The van der Waals surface area contributed by atoms with Gasteiger partial charge in [-0.25, -0.2) is 0 Å². The van der Waals surface area contributed by atoms with Crippen molar-refractivity contribution in [3.8, 4) is 0 Å². The molecule has 0 aromatic carbocycles. The number of aliphatic hydroxyl groups excluding tert-OH is 1. The molecule has 4 nitrogen and oxygen atoms in total. The SMILES string of the molecule is [B]C[C@@H]1CC(O)[C@H](C/C=C\CCCC(=O)O)[C@H]1/C=C/C(=O)CCc1cc(Br)c(C)s1. The number of carbonyl (C=O) groups excluding carboxylic acids is 1. The molecule has 4 atom stereocenters. The zero-order valence-corrected chi connectivity index (χ0v) is 19.8. The maximum absolute atomic E-state index is 12.4. The molecule has 7 heteroatoms. The highest BCUT2D eigenvalue weighted by Crippen LogP contribution is 2.42. The monoisotopic (exact) mass is 492 g/mol. The van der Waals surface area contributed by atoms with Gasteiger partial charge in [0, 0.05) is 27.1 Å². The summed E-state index contributed by atoms with van der Waals surface area (Å²) in [5, 5.41) is 19.2. The quantitative estimate of drug-likeness (QED) is 0.180. The van der Waals surface area contributed by atoms with Gasteiger partial charge in [0.1, 0.15) is 0 Å². The number of carboxylic acid groups (broad SMARTS) is 1. The first-order valence-corrected chi connectivity index (χ1v) is 12.1. The van der Waals surface area contributed by atoms with E-state index in [1.165, 1.54) is 9.75 Å². The number of aryl methyl sites for hydroxylation is 2. The van der Waals surface area contributed by atoms with Gasteiger partial charge in [-0.1, -0.05) is 24.5 Å². The molecule has 1 aromatic rings. The maximum Gasteiger partial charge on any atom is 0.303 e. The van der Waals surface area contributed by atoms with Crippen LogP contribution in [0.15, 0.2) is 34.8 Å². The smallest absolute Gasteiger partial charge is 0.303 e. The molecular formula is C23H30BBrO4S. The number of halogens is 1. The van der Waals surface area contributed by atoms with Crippen molar-refractivity contribution < 1.29 is 19.8 Å². The van der Waals surface area contributed by atoms with Crippen LogP contribution in [0.2, 0.25) is 6.32 Å². The van der Waals surface area contributed by atoms with Gasteiger partial charge in [-0.15, -0.1) is 11.3 Å². The fourth-order valence-corrected chi connectivity index (χ4v) is 5.65. The second-order valence-electron chi connectivity index (χ2n) is 7.98. The Morgan fingerprint density at radius 1 is 1.33 bits per heavy atom. The van der Waals surface area contributed by atoms with E-state index in [2.05, 4.69) is 28.9 Å². The lowest BCUT2D eigenvalue weighted by Crippen LogP contribution is -2.18. The van der Waals surface area contributed by atoms with Crippen molar-refractivity contribution >= 4 is 46.9 Å². The van der Waals surface area contributed by atoms with Crippen molar-refractivity contribution in [3.63, 3.8) is 0 Å². The van der Waals surface area contributed by atoms with Gasteiger partial charge in [0.2, 0.25) is 0 Å². The standard InChI is InChI=1S/C23H30BBrO4S/c1-15-21(25)13-18(30-15)10-8-17(26)9-11-19-16(14-24)12-22(27)20(19)6-4-2-3-5-7-23(28)29/h2,4,9,11,13,16,19-20,22,27H,3,5-8,10,12,14H2,1H3,(H,28,29)/b4-2-,11-9+/t16-,19-,20+,22?/m0/s1. The number of carbonyl (C=O) groups is 2. The highest BCUT2D eigenvalue weighted by Gasteiger charge is 2.39. The summed E-state index contributed by atoms with van der Waals surface area (Å²) in [6, 6.07) is 2.08. The molecule has 0 spiro atoms. The summed E-state index contributed by atoms with van der Waals surface area (Å²) in [5.74, 6) is -0.398. The zero-order chi connectivity index (χ0) is 22.1. The number of hydrogen-bond donors (Lipinski definition) is 2. The molecule has 0 aliphatic heterocycles. The van der Waals surface area contributed by atoms with E-state index in [0.29, 0.717) is 38.4 Å². The molecule has 2 radical (unpaired) electrons. The molecule has 162 valence electrons. The Morgan fingerprint density at radius 2 is 2.10 bits per heavy atom. The second-order valence-corrected chi connectivity index (χ2v) is 10.2. The second kappa shape index (κ2) is 12.6. The predicted molar refractivity (Wildman–Crippen MR) is 126 cm³/mol. The predicted octanol–water partition coefficient (Wildman–Crippen LogP) is 5.28. The van der Waals surface area contributed by atoms with E-state index in [1.807, 2.05) is 18.2 Å². The van der Waals surface area contributed by atoms with Crippen LogP contribution in [-0.2, 0) is 16.0 Å². The molecule has 1 saturated carbocycles. The Balaban J connectivity index is 1.89. The topological polar surface area (TPSA) is 74.6 Å². The van der Waals surface area contributed by atoms with Gasteiger partial charge in [0.05, 0.1) is 14.0 Å². The first-order chi connectivity index (χ1) is 14.3. The normalized spacial score (nSPS) is 24.2. The summed E-state index contributed by atoms with van der Waals surface area (Å²) in [6.45, 7) is 2.05. The average molecular weight is 493 g/mol. The first kappa shape index (κ1) is 25.1. The van der Waals surface area contributed by atoms with Gasteiger partial charge < -0.3 is 10.2 Å². The molecular weight excluding hydrogens is 463 g/mol. The van der Waals surface area contributed by atoms with E-state index in [1.54, 1.807) is 17.4 Å².